The number of hydrogen-bond donors (Lipinski definition) is 0. The van der Waals surface area contributed by atoms with E-state index in [0.717, 1.165) is 15.2 Å². The molecule has 1 heterocycles. The molecule has 0 fully saturated rings. The minimum absolute atomic E-state index is 0.0812. The number of aromatic nitrogens is 1. The van der Waals surface area contributed by atoms with Crippen molar-refractivity contribution in [1.29, 1.82) is 0 Å². The summed E-state index contributed by atoms with van der Waals surface area (Å²) in [5.74, 6) is -1.31. The molecule has 0 spiro atoms. The van der Waals surface area contributed by atoms with Crippen LogP contribution in [-0.2, 0) is 20.7 Å². The second-order valence-electron chi connectivity index (χ2n) is 6.17. The molecule has 0 saturated carbocycles. The number of benzene rings is 2. The number of rotatable bonds is 6. The zero-order chi connectivity index (χ0) is 19.4. The lowest BCUT2D eigenvalue weighted by molar-refractivity contribution is -0.151. The van der Waals surface area contributed by atoms with Crippen LogP contribution in [0.15, 0.2) is 48.5 Å². The third-order valence-electron chi connectivity index (χ3n) is 4.24. The quantitative estimate of drug-likeness (QED) is 0.606. The van der Waals surface area contributed by atoms with Gasteiger partial charge in [-0.15, -0.1) is 11.3 Å². The number of likely N-dealkylation sites (N-methyl/N-ethyl adjacent to an activating group) is 1. The maximum atomic E-state index is 13.1. The van der Waals surface area contributed by atoms with E-state index in [0.29, 0.717) is 5.56 Å². The monoisotopic (exact) mass is 386 g/mol. The molecule has 3 aromatic rings. The van der Waals surface area contributed by atoms with Crippen molar-refractivity contribution in [2.75, 3.05) is 13.7 Å². The summed E-state index contributed by atoms with van der Waals surface area (Å²) >= 11 is 1.53. The van der Waals surface area contributed by atoms with Gasteiger partial charge in [0, 0.05) is 7.05 Å². The second-order valence-corrected chi connectivity index (χ2v) is 7.23. The number of carbonyl (C=O) groups excluding carboxylic acids is 2. The smallest absolute Gasteiger partial charge is 0.310 e. The van der Waals surface area contributed by atoms with Gasteiger partial charge in [-0.05, 0) is 36.8 Å². The lowest BCUT2D eigenvalue weighted by Gasteiger charge is -2.23. The summed E-state index contributed by atoms with van der Waals surface area (Å²) in [6, 6.07) is 13.3. The molecule has 5 nitrogen and oxygen atoms in total. The van der Waals surface area contributed by atoms with Gasteiger partial charge in [0.2, 0.25) is 0 Å². The van der Waals surface area contributed by atoms with Crippen molar-refractivity contribution < 1.29 is 18.7 Å². The number of thiazole rings is 1. The molecule has 0 bridgehead atoms. The van der Waals surface area contributed by atoms with Crippen molar-refractivity contribution in [3.63, 3.8) is 0 Å². The molecule has 0 radical (unpaired) electrons. The van der Waals surface area contributed by atoms with Gasteiger partial charge in [-0.25, -0.2) is 9.37 Å². The van der Waals surface area contributed by atoms with E-state index in [1.807, 2.05) is 31.2 Å². The van der Waals surface area contributed by atoms with Crippen LogP contribution in [0.4, 0.5) is 4.39 Å². The van der Waals surface area contributed by atoms with Crippen molar-refractivity contribution >= 4 is 33.4 Å². The SMILES string of the molecule is C[C@H](c1nc2ccccc2s1)N(C)C(=O)COC(=O)Cc1cccc(F)c1. The zero-order valence-corrected chi connectivity index (χ0v) is 15.8. The number of amides is 1. The Labute approximate surface area is 160 Å². The molecule has 0 saturated heterocycles. The Balaban J connectivity index is 1.55. The van der Waals surface area contributed by atoms with E-state index in [-0.39, 0.29) is 25.0 Å². The van der Waals surface area contributed by atoms with Gasteiger partial charge in [0.1, 0.15) is 10.8 Å². The fourth-order valence-corrected chi connectivity index (χ4v) is 3.62. The number of para-hydroxylation sites is 1. The Kier molecular flexibility index (Phi) is 5.81. The van der Waals surface area contributed by atoms with Crippen LogP contribution in [0.2, 0.25) is 0 Å². The zero-order valence-electron chi connectivity index (χ0n) is 15.0. The molecule has 1 amide bonds. The molecule has 27 heavy (non-hydrogen) atoms. The predicted molar refractivity (Wildman–Crippen MR) is 102 cm³/mol. The lowest BCUT2D eigenvalue weighted by atomic mass is 10.1. The van der Waals surface area contributed by atoms with E-state index in [2.05, 4.69) is 4.98 Å². The average Bonchev–Trinajstić information content (AvgIpc) is 3.09. The molecule has 7 heteroatoms. The van der Waals surface area contributed by atoms with Gasteiger partial charge >= 0.3 is 5.97 Å². The third-order valence-corrected chi connectivity index (χ3v) is 5.44. The van der Waals surface area contributed by atoms with E-state index < -0.39 is 11.8 Å². The Morgan fingerprint density at radius 1 is 1.22 bits per heavy atom. The van der Waals surface area contributed by atoms with E-state index in [4.69, 9.17) is 4.74 Å². The van der Waals surface area contributed by atoms with Crippen molar-refractivity contribution in [2.24, 2.45) is 0 Å². The molecular formula is C20H19FN2O3S. The lowest BCUT2D eigenvalue weighted by Crippen LogP contribution is -2.33. The summed E-state index contributed by atoms with van der Waals surface area (Å²) < 4.78 is 19.2. The molecule has 0 unspecified atom stereocenters. The van der Waals surface area contributed by atoms with Crippen molar-refractivity contribution in [3.8, 4) is 0 Å². The topological polar surface area (TPSA) is 59.5 Å². The number of halogens is 1. The highest BCUT2D eigenvalue weighted by Gasteiger charge is 2.21. The summed E-state index contributed by atoms with van der Waals surface area (Å²) in [5.41, 5.74) is 1.40. The van der Waals surface area contributed by atoms with Crippen molar-refractivity contribution in [1.82, 2.24) is 9.88 Å². The Morgan fingerprint density at radius 2 is 2.00 bits per heavy atom. The molecule has 1 aromatic heterocycles. The summed E-state index contributed by atoms with van der Waals surface area (Å²) in [4.78, 5) is 30.3. The van der Waals surface area contributed by atoms with Crippen molar-refractivity contribution in [3.05, 3.63) is 64.9 Å². The predicted octanol–water partition coefficient (Wildman–Crippen LogP) is 3.74. The van der Waals surface area contributed by atoms with E-state index in [1.54, 1.807) is 13.1 Å². The number of carbonyl (C=O) groups is 2. The van der Waals surface area contributed by atoms with E-state index in [1.165, 1.54) is 34.4 Å². The molecule has 0 aliphatic carbocycles. The fraction of sp³-hybridized carbons (Fsp3) is 0.250. The average molecular weight is 386 g/mol. The number of ether oxygens (including phenoxy) is 1. The highest BCUT2D eigenvalue weighted by atomic mass is 32.1. The second kappa shape index (κ2) is 8.26. The van der Waals surface area contributed by atoms with Gasteiger partial charge < -0.3 is 9.64 Å². The number of esters is 1. The van der Waals surface area contributed by atoms with Crippen LogP contribution in [-0.4, -0.2) is 35.4 Å². The highest BCUT2D eigenvalue weighted by Crippen LogP contribution is 2.28. The molecule has 1 atom stereocenters. The molecule has 3 rings (SSSR count). The molecule has 0 N–H and O–H groups in total. The normalized spacial score (nSPS) is 12.0. The minimum Gasteiger partial charge on any atom is -0.455 e. The molecule has 0 aliphatic heterocycles. The van der Waals surface area contributed by atoms with Crippen LogP contribution in [0.25, 0.3) is 10.2 Å². The molecule has 2 aromatic carbocycles. The summed E-state index contributed by atoms with van der Waals surface area (Å²) in [5, 5.41) is 0.818. The van der Waals surface area contributed by atoms with E-state index >= 15 is 0 Å². The minimum atomic E-state index is -0.574. The van der Waals surface area contributed by atoms with Crippen LogP contribution in [0.1, 0.15) is 23.5 Å². The number of fused-ring (bicyclic) bond motifs is 1. The summed E-state index contributed by atoms with van der Waals surface area (Å²) in [6.45, 7) is 1.52. The van der Waals surface area contributed by atoms with Gasteiger partial charge in [-0.1, -0.05) is 24.3 Å². The number of nitrogens with zero attached hydrogens (tertiary/aromatic N) is 2. The largest absolute Gasteiger partial charge is 0.455 e. The molecule has 0 aliphatic rings. The van der Waals surface area contributed by atoms with Gasteiger partial charge in [-0.3, -0.25) is 9.59 Å². The van der Waals surface area contributed by atoms with Crippen molar-refractivity contribution in [2.45, 2.75) is 19.4 Å². The summed E-state index contributed by atoms with van der Waals surface area (Å²) in [6.07, 6.45) is -0.0812. The first-order valence-corrected chi connectivity index (χ1v) is 9.27. The standard InChI is InChI=1S/C20H19FN2O3S/c1-13(20-22-16-8-3-4-9-17(16)27-20)23(2)18(24)12-26-19(25)11-14-6-5-7-15(21)10-14/h3-10,13H,11-12H2,1-2H3/t13-/m1/s1. The molecule has 140 valence electrons. The van der Waals surface area contributed by atoms with Crippen LogP contribution >= 0.6 is 11.3 Å². The number of hydrogen-bond acceptors (Lipinski definition) is 5. The van der Waals surface area contributed by atoms with Crippen LogP contribution in [0.3, 0.4) is 0 Å². The van der Waals surface area contributed by atoms with Gasteiger partial charge in [0.05, 0.1) is 22.7 Å². The maximum absolute atomic E-state index is 13.1. The van der Waals surface area contributed by atoms with Crippen LogP contribution in [0, 0.1) is 5.82 Å². The van der Waals surface area contributed by atoms with Gasteiger partial charge in [-0.2, -0.15) is 0 Å². The Bertz CT molecular complexity index is 940. The Hall–Kier alpha value is -2.80. The fourth-order valence-electron chi connectivity index (χ4n) is 2.56. The first kappa shape index (κ1) is 19.0. The molecular weight excluding hydrogens is 367 g/mol. The van der Waals surface area contributed by atoms with E-state index in [9.17, 15) is 14.0 Å². The first-order chi connectivity index (χ1) is 12.9. The third kappa shape index (κ3) is 4.68. The van der Waals surface area contributed by atoms with Crippen LogP contribution in [0.5, 0.6) is 0 Å². The van der Waals surface area contributed by atoms with Gasteiger partial charge in [0.25, 0.3) is 5.91 Å². The van der Waals surface area contributed by atoms with Crippen LogP contribution < -0.4 is 0 Å². The van der Waals surface area contributed by atoms with Gasteiger partial charge in [0.15, 0.2) is 6.61 Å². The Morgan fingerprint density at radius 3 is 2.74 bits per heavy atom. The highest BCUT2D eigenvalue weighted by molar-refractivity contribution is 7.18. The first-order valence-electron chi connectivity index (χ1n) is 8.45. The maximum Gasteiger partial charge on any atom is 0.310 e. The summed E-state index contributed by atoms with van der Waals surface area (Å²) in [7, 11) is 1.65.